The molecule has 2 unspecified atom stereocenters. The van der Waals surface area contributed by atoms with E-state index >= 15 is 0 Å². The second kappa shape index (κ2) is 5.32. The molecule has 0 spiro atoms. The van der Waals surface area contributed by atoms with Crippen molar-refractivity contribution >= 4 is 11.4 Å². The lowest BCUT2D eigenvalue weighted by molar-refractivity contribution is -0.116. The van der Waals surface area contributed by atoms with Crippen LogP contribution in [0.4, 0.5) is 0 Å². The molecule has 0 aliphatic heterocycles. The zero-order valence-electron chi connectivity index (χ0n) is 11.7. The summed E-state index contributed by atoms with van der Waals surface area (Å²) in [4.78, 5) is 12.5. The number of fused-ring (bicyclic) bond motifs is 1. The predicted octanol–water partition coefficient (Wildman–Crippen LogP) is 4.63. The minimum Gasteiger partial charge on any atom is -0.295 e. The molecule has 1 saturated carbocycles. The molecule has 1 nitrogen and oxygen atoms in total. The van der Waals surface area contributed by atoms with Gasteiger partial charge in [-0.25, -0.2) is 0 Å². The van der Waals surface area contributed by atoms with Gasteiger partial charge in [0.05, 0.1) is 0 Å². The molecule has 1 aromatic carbocycles. The molecule has 19 heavy (non-hydrogen) atoms. The van der Waals surface area contributed by atoms with Gasteiger partial charge in [0.1, 0.15) is 0 Å². The first-order chi connectivity index (χ1) is 9.33. The van der Waals surface area contributed by atoms with Crippen molar-refractivity contribution in [2.45, 2.75) is 45.4 Å². The van der Waals surface area contributed by atoms with Gasteiger partial charge in [-0.15, -0.1) is 0 Å². The smallest absolute Gasteiger partial charge is 0.159 e. The first-order valence-electron chi connectivity index (χ1n) is 7.65. The normalized spacial score (nSPS) is 25.1. The van der Waals surface area contributed by atoms with Gasteiger partial charge in [-0.05, 0) is 42.2 Å². The summed E-state index contributed by atoms with van der Waals surface area (Å²) in [6.07, 6.45) is 6.67. The Kier molecular flexibility index (Phi) is 3.54. The van der Waals surface area contributed by atoms with Crippen molar-refractivity contribution in [3.8, 4) is 0 Å². The molecule has 0 radical (unpaired) electrons. The Hall–Kier alpha value is -1.37. The number of hydrogen-bond donors (Lipinski definition) is 0. The maximum Gasteiger partial charge on any atom is 0.159 e. The number of allylic oxidation sites excluding steroid dienone is 2. The molecule has 0 saturated heterocycles. The van der Waals surface area contributed by atoms with Crippen LogP contribution in [-0.4, -0.2) is 5.78 Å². The van der Waals surface area contributed by atoms with E-state index in [0.29, 0.717) is 17.6 Å². The second-order valence-corrected chi connectivity index (χ2v) is 5.86. The van der Waals surface area contributed by atoms with E-state index in [2.05, 4.69) is 31.2 Å². The molecule has 0 N–H and O–H groups in total. The highest BCUT2D eigenvalue weighted by atomic mass is 16.1. The fourth-order valence-electron chi connectivity index (χ4n) is 3.77. The first-order valence-corrected chi connectivity index (χ1v) is 7.65. The summed E-state index contributed by atoms with van der Waals surface area (Å²) < 4.78 is 0. The van der Waals surface area contributed by atoms with Gasteiger partial charge >= 0.3 is 0 Å². The monoisotopic (exact) mass is 254 g/mol. The van der Waals surface area contributed by atoms with Crippen molar-refractivity contribution in [2.24, 2.45) is 11.8 Å². The highest BCUT2D eigenvalue weighted by Crippen LogP contribution is 2.55. The molecular formula is C18H22O. The summed E-state index contributed by atoms with van der Waals surface area (Å²) in [5.41, 5.74) is 3.84. The Balaban J connectivity index is 1.92. The minimum absolute atomic E-state index is 0.420. The van der Waals surface area contributed by atoms with Crippen molar-refractivity contribution in [1.82, 2.24) is 0 Å². The summed E-state index contributed by atoms with van der Waals surface area (Å²) in [6, 6.07) is 10.5. The van der Waals surface area contributed by atoms with E-state index in [1.54, 1.807) is 0 Å². The van der Waals surface area contributed by atoms with Gasteiger partial charge in [-0.3, -0.25) is 4.79 Å². The van der Waals surface area contributed by atoms with Crippen molar-refractivity contribution in [2.75, 3.05) is 0 Å². The van der Waals surface area contributed by atoms with Gasteiger partial charge in [-0.1, -0.05) is 50.1 Å². The van der Waals surface area contributed by atoms with Crippen LogP contribution in [-0.2, 0) is 4.79 Å². The minimum atomic E-state index is 0.420. The number of carbonyl (C=O) groups is 1. The molecule has 2 atom stereocenters. The number of carbonyl (C=O) groups excluding carboxylic acids is 1. The fourth-order valence-corrected chi connectivity index (χ4v) is 3.77. The molecular weight excluding hydrogens is 232 g/mol. The van der Waals surface area contributed by atoms with Crippen LogP contribution >= 0.6 is 0 Å². The van der Waals surface area contributed by atoms with Crippen LogP contribution in [0.2, 0.25) is 0 Å². The molecule has 1 aromatic rings. The summed E-state index contributed by atoms with van der Waals surface area (Å²) >= 11 is 0. The van der Waals surface area contributed by atoms with E-state index < -0.39 is 0 Å². The molecule has 0 heterocycles. The Bertz CT molecular complexity index is 498. The highest BCUT2D eigenvalue weighted by molar-refractivity contribution is 6.07. The van der Waals surface area contributed by atoms with Crippen LogP contribution < -0.4 is 0 Å². The first kappa shape index (κ1) is 12.7. The summed E-state index contributed by atoms with van der Waals surface area (Å²) in [5.74, 6) is 1.67. The van der Waals surface area contributed by atoms with Gasteiger partial charge < -0.3 is 0 Å². The van der Waals surface area contributed by atoms with Crippen molar-refractivity contribution < 1.29 is 4.79 Å². The van der Waals surface area contributed by atoms with Crippen LogP contribution in [0.15, 0.2) is 35.9 Å². The number of Topliss-reactive ketones (excluding diaryl/α,β-unsaturated/α-hetero) is 1. The molecule has 2 aliphatic rings. The topological polar surface area (TPSA) is 17.1 Å². The third-order valence-corrected chi connectivity index (χ3v) is 4.69. The van der Waals surface area contributed by atoms with E-state index in [-0.39, 0.29) is 0 Å². The Morgan fingerprint density at radius 3 is 2.63 bits per heavy atom. The standard InChI is InChI=1S/C18H22O/c1-2-3-12-16(19)18-15-11-7-10-14(15)17(18)13-8-5-4-6-9-13/h4-6,8-9,14-15H,2-3,7,10-12H2,1H3. The Morgan fingerprint density at radius 1 is 1.16 bits per heavy atom. The average molecular weight is 254 g/mol. The summed E-state index contributed by atoms with van der Waals surface area (Å²) in [7, 11) is 0. The number of hydrogen-bond acceptors (Lipinski definition) is 1. The lowest BCUT2D eigenvalue weighted by Gasteiger charge is -2.37. The van der Waals surface area contributed by atoms with E-state index in [9.17, 15) is 4.79 Å². The molecule has 3 rings (SSSR count). The largest absolute Gasteiger partial charge is 0.295 e. The van der Waals surface area contributed by atoms with E-state index in [0.717, 1.165) is 19.3 Å². The third kappa shape index (κ3) is 2.16. The lowest BCUT2D eigenvalue weighted by Crippen LogP contribution is -2.30. The van der Waals surface area contributed by atoms with Crippen LogP contribution in [0.25, 0.3) is 5.57 Å². The van der Waals surface area contributed by atoms with Gasteiger partial charge in [0.2, 0.25) is 0 Å². The molecule has 1 fully saturated rings. The van der Waals surface area contributed by atoms with Crippen molar-refractivity contribution in [1.29, 1.82) is 0 Å². The second-order valence-electron chi connectivity index (χ2n) is 5.86. The van der Waals surface area contributed by atoms with Crippen molar-refractivity contribution in [3.05, 3.63) is 41.5 Å². The van der Waals surface area contributed by atoms with Gasteiger partial charge in [0, 0.05) is 12.0 Å². The average Bonchev–Trinajstić information content (AvgIpc) is 2.81. The number of rotatable bonds is 5. The number of ketones is 1. The lowest BCUT2D eigenvalue weighted by atomic mass is 9.65. The Morgan fingerprint density at radius 2 is 1.89 bits per heavy atom. The number of unbranched alkanes of at least 4 members (excludes halogenated alkanes) is 1. The van der Waals surface area contributed by atoms with E-state index in [1.165, 1.54) is 36.0 Å². The van der Waals surface area contributed by atoms with E-state index in [4.69, 9.17) is 0 Å². The summed E-state index contributed by atoms with van der Waals surface area (Å²) in [5, 5.41) is 0. The van der Waals surface area contributed by atoms with Crippen LogP contribution in [0, 0.1) is 11.8 Å². The van der Waals surface area contributed by atoms with Crippen LogP contribution in [0.5, 0.6) is 0 Å². The quantitative estimate of drug-likeness (QED) is 0.748. The number of benzene rings is 1. The zero-order valence-corrected chi connectivity index (χ0v) is 11.7. The molecule has 100 valence electrons. The molecule has 0 amide bonds. The molecule has 0 bridgehead atoms. The molecule has 2 aliphatic carbocycles. The van der Waals surface area contributed by atoms with Crippen LogP contribution in [0.3, 0.4) is 0 Å². The fraction of sp³-hybridized carbons (Fsp3) is 0.500. The van der Waals surface area contributed by atoms with Crippen LogP contribution in [0.1, 0.15) is 51.0 Å². The van der Waals surface area contributed by atoms with Crippen molar-refractivity contribution in [3.63, 3.8) is 0 Å². The maximum absolute atomic E-state index is 12.5. The maximum atomic E-state index is 12.5. The van der Waals surface area contributed by atoms with E-state index in [1.807, 2.05) is 6.07 Å². The van der Waals surface area contributed by atoms with Gasteiger partial charge in [0.25, 0.3) is 0 Å². The van der Waals surface area contributed by atoms with Gasteiger partial charge in [0.15, 0.2) is 5.78 Å². The van der Waals surface area contributed by atoms with Gasteiger partial charge in [-0.2, -0.15) is 0 Å². The third-order valence-electron chi connectivity index (χ3n) is 4.69. The SMILES string of the molecule is CCCCC(=O)C1=C(c2ccccc2)C2CCCC12. The molecule has 1 heteroatoms. The zero-order chi connectivity index (χ0) is 13.2. The predicted molar refractivity (Wildman–Crippen MR) is 78.7 cm³/mol. The summed E-state index contributed by atoms with van der Waals surface area (Å²) in [6.45, 7) is 2.15. The highest BCUT2D eigenvalue weighted by Gasteiger charge is 2.45. The Labute approximate surface area is 115 Å². The molecule has 0 aromatic heterocycles.